The molecule has 16 heavy (non-hydrogen) atoms. The SMILES string of the molecule is CCCSCc1noc(C2CSCC2=O)n1. The summed E-state index contributed by atoms with van der Waals surface area (Å²) in [6.45, 7) is 2.14. The van der Waals surface area contributed by atoms with Gasteiger partial charge >= 0.3 is 0 Å². The van der Waals surface area contributed by atoms with E-state index in [9.17, 15) is 4.79 Å². The summed E-state index contributed by atoms with van der Waals surface area (Å²) in [4.78, 5) is 15.8. The van der Waals surface area contributed by atoms with Crippen molar-refractivity contribution in [2.45, 2.75) is 25.0 Å². The van der Waals surface area contributed by atoms with E-state index < -0.39 is 0 Å². The van der Waals surface area contributed by atoms with E-state index in [2.05, 4.69) is 17.1 Å². The minimum atomic E-state index is -0.164. The minimum absolute atomic E-state index is 0.164. The summed E-state index contributed by atoms with van der Waals surface area (Å²) >= 11 is 3.42. The van der Waals surface area contributed by atoms with Gasteiger partial charge in [0, 0.05) is 5.75 Å². The number of hydrogen-bond donors (Lipinski definition) is 0. The third kappa shape index (κ3) is 2.79. The average Bonchev–Trinajstić information content (AvgIpc) is 2.87. The number of ketones is 1. The standard InChI is InChI=1S/C10H14N2O2S2/c1-2-3-15-6-9-11-10(14-12-9)7-4-16-5-8(7)13/h7H,2-6H2,1H3. The maximum atomic E-state index is 11.5. The molecule has 1 aromatic rings. The number of hydrogen-bond acceptors (Lipinski definition) is 6. The van der Waals surface area contributed by atoms with Crippen molar-refractivity contribution < 1.29 is 9.32 Å². The van der Waals surface area contributed by atoms with E-state index in [1.165, 1.54) is 0 Å². The molecule has 0 amide bonds. The Kier molecular flexibility index (Phi) is 4.29. The molecule has 2 heterocycles. The van der Waals surface area contributed by atoms with E-state index in [0.29, 0.717) is 17.5 Å². The maximum absolute atomic E-state index is 11.5. The third-order valence-corrected chi connectivity index (χ3v) is 4.50. The molecule has 0 spiro atoms. The van der Waals surface area contributed by atoms with Crippen LogP contribution in [-0.2, 0) is 10.5 Å². The molecule has 0 bridgehead atoms. The first-order valence-electron chi connectivity index (χ1n) is 5.32. The van der Waals surface area contributed by atoms with Crippen molar-refractivity contribution in [2.75, 3.05) is 17.3 Å². The Morgan fingerprint density at radius 3 is 3.19 bits per heavy atom. The Bertz CT molecular complexity index is 367. The van der Waals surface area contributed by atoms with E-state index >= 15 is 0 Å². The zero-order chi connectivity index (χ0) is 11.4. The molecule has 6 heteroatoms. The molecule has 4 nitrogen and oxygen atoms in total. The van der Waals surface area contributed by atoms with Crippen molar-refractivity contribution in [1.82, 2.24) is 10.1 Å². The van der Waals surface area contributed by atoms with Gasteiger partial charge in [-0.25, -0.2) is 0 Å². The highest BCUT2D eigenvalue weighted by atomic mass is 32.2. The lowest BCUT2D eigenvalue weighted by molar-refractivity contribution is -0.117. The molecule has 0 N–H and O–H groups in total. The van der Waals surface area contributed by atoms with Crippen LogP contribution >= 0.6 is 23.5 Å². The second kappa shape index (κ2) is 5.72. The smallest absolute Gasteiger partial charge is 0.238 e. The van der Waals surface area contributed by atoms with Gasteiger partial charge in [-0.3, -0.25) is 4.79 Å². The van der Waals surface area contributed by atoms with Crippen LogP contribution in [0.25, 0.3) is 0 Å². The fourth-order valence-corrected chi connectivity index (χ4v) is 3.27. The molecule has 1 fully saturated rings. The Hall–Kier alpha value is -0.490. The molecule has 1 unspecified atom stereocenters. The van der Waals surface area contributed by atoms with Gasteiger partial charge in [-0.05, 0) is 12.2 Å². The highest BCUT2D eigenvalue weighted by Crippen LogP contribution is 2.28. The molecular formula is C10H14N2O2S2. The second-order valence-corrected chi connectivity index (χ2v) is 5.77. The van der Waals surface area contributed by atoms with Gasteiger partial charge in [0.25, 0.3) is 0 Å². The number of thioether (sulfide) groups is 2. The topological polar surface area (TPSA) is 56.0 Å². The van der Waals surface area contributed by atoms with Gasteiger partial charge in [0.05, 0.1) is 11.5 Å². The van der Waals surface area contributed by atoms with Gasteiger partial charge in [0.2, 0.25) is 5.89 Å². The lowest BCUT2D eigenvalue weighted by Gasteiger charge is -1.97. The molecule has 0 aliphatic carbocycles. The fraction of sp³-hybridized carbons (Fsp3) is 0.700. The predicted molar refractivity (Wildman–Crippen MR) is 65.8 cm³/mol. The van der Waals surface area contributed by atoms with Crippen molar-refractivity contribution in [3.8, 4) is 0 Å². The van der Waals surface area contributed by atoms with Gasteiger partial charge in [0.15, 0.2) is 11.6 Å². The highest BCUT2D eigenvalue weighted by molar-refractivity contribution is 8.00. The van der Waals surface area contributed by atoms with Crippen molar-refractivity contribution in [1.29, 1.82) is 0 Å². The first-order valence-corrected chi connectivity index (χ1v) is 7.63. The summed E-state index contributed by atoms with van der Waals surface area (Å²) in [6.07, 6.45) is 1.15. The van der Waals surface area contributed by atoms with Crippen LogP contribution in [0.3, 0.4) is 0 Å². The largest absolute Gasteiger partial charge is 0.338 e. The van der Waals surface area contributed by atoms with Gasteiger partial charge in [-0.1, -0.05) is 12.1 Å². The zero-order valence-corrected chi connectivity index (χ0v) is 10.8. The number of carbonyl (C=O) groups is 1. The van der Waals surface area contributed by atoms with Gasteiger partial charge in [-0.2, -0.15) is 28.5 Å². The van der Waals surface area contributed by atoms with Crippen LogP contribution in [0, 0.1) is 0 Å². The van der Waals surface area contributed by atoms with Crippen LogP contribution in [0.15, 0.2) is 4.52 Å². The number of rotatable bonds is 5. The molecule has 1 aromatic heterocycles. The number of Topliss-reactive ketones (excluding diaryl/α,β-unsaturated/α-hetero) is 1. The number of carbonyl (C=O) groups excluding carboxylic acids is 1. The fourth-order valence-electron chi connectivity index (χ4n) is 1.46. The Morgan fingerprint density at radius 2 is 2.50 bits per heavy atom. The van der Waals surface area contributed by atoms with Crippen LogP contribution in [-0.4, -0.2) is 33.2 Å². The van der Waals surface area contributed by atoms with E-state index in [0.717, 1.165) is 23.7 Å². The monoisotopic (exact) mass is 258 g/mol. The Labute approximate surface area is 103 Å². The van der Waals surface area contributed by atoms with Crippen LogP contribution in [0.5, 0.6) is 0 Å². The first-order chi connectivity index (χ1) is 7.81. The molecule has 2 rings (SSSR count). The molecule has 0 aromatic carbocycles. The highest BCUT2D eigenvalue weighted by Gasteiger charge is 2.31. The summed E-state index contributed by atoms with van der Waals surface area (Å²) in [5, 5.41) is 3.90. The zero-order valence-electron chi connectivity index (χ0n) is 9.14. The summed E-state index contributed by atoms with van der Waals surface area (Å²) in [5.41, 5.74) is 0. The van der Waals surface area contributed by atoms with Crippen LogP contribution in [0.2, 0.25) is 0 Å². The summed E-state index contributed by atoms with van der Waals surface area (Å²) in [7, 11) is 0. The predicted octanol–water partition coefficient (Wildman–Crippen LogP) is 2.11. The van der Waals surface area contributed by atoms with Crippen molar-refractivity contribution in [3.63, 3.8) is 0 Å². The molecule has 1 atom stereocenters. The first kappa shape index (κ1) is 12.0. The third-order valence-electron chi connectivity index (χ3n) is 2.28. The Morgan fingerprint density at radius 1 is 1.62 bits per heavy atom. The van der Waals surface area contributed by atoms with Crippen LogP contribution in [0.4, 0.5) is 0 Å². The molecule has 1 aliphatic rings. The lowest BCUT2D eigenvalue weighted by Crippen LogP contribution is -2.09. The normalized spacial score (nSPS) is 20.6. The van der Waals surface area contributed by atoms with Crippen molar-refractivity contribution >= 4 is 29.3 Å². The molecule has 1 aliphatic heterocycles. The van der Waals surface area contributed by atoms with Crippen LogP contribution < -0.4 is 0 Å². The van der Waals surface area contributed by atoms with Gasteiger partial charge in [-0.15, -0.1) is 0 Å². The lowest BCUT2D eigenvalue weighted by atomic mass is 10.1. The average molecular weight is 258 g/mol. The quantitative estimate of drug-likeness (QED) is 0.754. The molecule has 0 saturated carbocycles. The minimum Gasteiger partial charge on any atom is -0.338 e. The molecular weight excluding hydrogens is 244 g/mol. The number of aromatic nitrogens is 2. The van der Waals surface area contributed by atoms with E-state index in [1.54, 1.807) is 23.5 Å². The molecule has 0 radical (unpaired) electrons. The summed E-state index contributed by atoms with van der Waals surface area (Å²) < 4.78 is 5.14. The van der Waals surface area contributed by atoms with E-state index in [1.807, 2.05) is 0 Å². The second-order valence-electron chi connectivity index (χ2n) is 3.64. The Balaban J connectivity index is 1.93. The summed E-state index contributed by atoms with van der Waals surface area (Å²) in [6, 6.07) is 0. The molecule has 1 saturated heterocycles. The van der Waals surface area contributed by atoms with E-state index in [4.69, 9.17) is 4.52 Å². The van der Waals surface area contributed by atoms with Gasteiger partial charge in [0.1, 0.15) is 5.92 Å². The molecule has 88 valence electrons. The van der Waals surface area contributed by atoms with Crippen LogP contribution in [0.1, 0.15) is 31.0 Å². The van der Waals surface area contributed by atoms with E-state index in [-0.39, 0.29) is 11.7 Å². The van der Waals surface area contributed by atoms with Crippen molar-refractivity contribution in [3.05, 3.63) is 11.7 Å². The maximum Gasteiger partial charge on any atom is 0.238 e. The van der Waals surface area contributed by atoms with Gasteiger partial charge < -0.3 is 4.52 Å². The summed E-state index contributed by atoms with van der Waals surface area (Å²) in [5.74, 6) is 4.48. The number of nitrogens with zero attached hydrogens (tertiary/aromatic N) is 2. The van der Waals surface area contributed by atoms with Crippen molar-refractivity contribution in [2.24, 2.45) is 0 Å².